The SMILES string of the molecule is Cl.O=C(O)COCCCN(c1ccc2[nH]nc(-c3cncc(O)c3)c2c1)S(=O)(=O)c1ccccc1[N+](=O)[O-]. The summed E-state index contributed by atoms with van der Waals surface area (Å²) in [5.74, 6) is -1.24. The summed E-state index contributed by atoms with van der Waals surface area (Å²) in [6.45, 7) is -0.747. The Kier molecular flexibility index (Phi) is 8.83. The van der Waals surface area contributed by atoms with Crippen molar-refractivity contribution in [1.82, 2.24) is 15.2 Å². The van der Waals surface area contributed by atoms with Crippen molar-refractivity contribution in [3.8, 4) is 17.0 Å². The van der Waals surface area contributed by atoms with Crippen LogP contribution in [0.2, 0.25) is 0 Å². The van der Waals surface area contributed by atoms with Gasteiger partial charge in [0, 0.05) is 36.4 Å². The Morgan fingerprint density at radius 1 is 1.16 bits per heavy atom. The summed E-state index contributed by atoms with van der Waals surface area (Å²) >= 11 is 0. The van der Waals surface area contributed by atoms with E-state index in [1.54, 1.807) is 12.1 Å². The van der Waals surface area contributed by atoms with Gasteiger partial charge in [0.05, 0.1) is 22.3 Å². The van der Waals surface area contributed by atoms with Gasteiger partial charge in [0.1, 0.15) is 18.1 Å². The number of aromatic amines is 1. The van der Waals surface area contributed by atoms with Gasteiger partial charge in [-0.15, -0.1) is 12.4 Å². The smallest absolute Gasteiger partial charge is 0.329 e. The molecule has 2 heterocycles. The molecule has 0 saturated carbocycles. The number of H-pyrrole nitrogens is 1. The van der Waals surface area contributed by atoms with Crippen molar-refractivity contribution < 1.29 is 33.1 Å². The predicted molar refractivity (Wildman–Crippen MR) is 139 cm³/mol. The second-order valence-corrected chi connectivity index (χ2v) is 9.67. The first-order chi connectivity index (χ1) is 17.7. The van der Waals surface area contributed by atoms with Gasteiger partial charge in [-0.2, -0.15) is 5.10 Å². The topological polar surface area (TPSA) is 189 Å². The number of sulfonamides is 1. The molecule has 0 unspecified atom stereocenters. The fraction of sp³-hybridized carbons (Fsp3) is 0.174. The molecule has 0 aliphatic carbocycles. The Morgan fingerprint density at radius 2 is 1.92 bits per heavy atom. The quantitative estimate of drug-likeness (QED) is 0.138. The van der Waals surface area contributed by atoms with Gasteiger partial charge in [0.25, 0.3) is 15.7 Å². The first-order valence-corrected chi connectivity index (χ1v) is 12.3. The lowest BCUT2D eigenvalue weighted by Crippen LogP contribution is -2.33. The maximum Gasteiger partial charge on any atom is 0.329 e. The summed E-state index contributed by atoms with van der Waals surface area (Å²) in [7, 11) is -4.43. The minimum Gasteiger partial charge on any atom is -0.506 e. The summed E-state index contributed by atoms with van der Waals surface area (Å²) in [6.07, 6.45) is 2.86. The highest BCUT2D eigenvalue weighted by atomic mass is 35.5. The number of para-hydroxylation sites is 1. The van der Waals surface area contributed by atoms with Crippen LogP contribution in [0.4, 0.5) is 11.4 Å². The van der Waals surface area contributed by atoms with Gasteiger partial charge in [0.15, 0.2) is 4.90 Å². The van der Waals surface area contributed by atoms with Gasteiger partial charge < -0.3 is 14.9 Å². The molecule has 0 aliphatic heterocycles. The fourth-order valence-electron chi connectivity index (χ4n) is 3.74. The molecule has 38 heavy (non-hydrogen) atoms. The lowest BCUT2D eigenvalue weighted by Gasteiger charge is -2.24. The van der Waals surface area contributed by atoms with Crippen molar-refractivity contribution >= 4 is 50.7 Å². The number of carboxylic acids is 1. The number of nitro benzene ring substituents is 1. The molecule has 0 saturated heterocycles. The number of carbonyl (C=O) groups is 1. The summed E-state index contributed by atoms with van der Waals surface area (Å²) in [5, 5.41) is 37.8. The van der Waals surface area contributed by atoms with E-state index in [4.69, 9.17) is 9.84 Å². The maximum absolute atomic E-state index is 13.7. The number of pyridine rings is 1. The molecule has 2 aromatic carbocycles. The number of hydrogen-bond acceptors (Lipinski definition) is 9. The van der Waals surface area contributed by atoms with Crippen LogP contribution in [0, 0.1) is 10.1 Å². The number of nitrogens with one attached hydrogen (secondary N) is 1. The molecular formula is C23H22ClN5O8S. The molecule has 0 atom stereocenters. The third kappa shape index (κ3) is 5.99. The van der Waals surface area contributed by atoms with E-state index in [1.807, 2.05) is 0 Å². The van der Waals surface area contributed by atoms with Crippen LogP contribution in [-0.2, 0) is 19.6 Å². The van der Waals surface area contributed by atoms with Crippen molar-refractivity contribution in [2.24, 2.45) is 0 Å². The van der Waals surface area contributed by atoms with Crippen LogP contribution in [0.3, 0.4) is 0 Å². The van der Waals surface area contributed by atoms with Crippen LogP contribution in [-0.4, -0.2) is 64.5 Å². The lowest BCUT2D eigenvalue weighted by molar-refractivity contribution is -0.387. The number of rotatable bonds is 11. The van der Waals surface area contributed by atoms with E-state index in [2.05, 4.69) is 15.2 Å². The number of fused-ring (bicyclic) bond motifs is 1. The van der Waals surface area contributed by atoms with Gasteiger partial charge in [-0.25, -0.2) is 13.2 Å². The van der Waals surface area contributed by atoms with E-state index >= 15 is 0 Å². The largest absolute Gasteiger partial charge is 0.506 e. The average molecular weight is 564 g/mol. The van der Waals surface area contributed by atoms with Crippen LogP contribution < -0.4 is 4.31 Å². The number of aromatic hydroxyl groups is 1. The monoisotopic (exact) mass is 563 g/mol. The van der Waals surface area contributed by atoms with Gasteiger partial charge >= 0.3 is 5.97 Å². The number of aromatic nitrogens is 3. The van der Waals surface area contributed by atoms with Crippen molar-refractivity contribution in [1.29, 1.82) is 0 Å². The Bertz CT molecular complexity index is 1580. The molecule has 0 aliphatic rings. The number of anilines is 1. The van der Waals surface area contributed by atoms with Gasteiger partial charge in [-0.3, -0.25) is 24.5 Å². The van der Waals surface area contributed by atoms with Crippen LogP contribution in [0.25, 0.3) is 22.2 Å². The number of nitrogens with zero attached hydrogens (tertiary/aromatic N) is 4. The number of aliphatic carboxylic acids is 1. The summed E-state index contributed by atoms with van der Waals surface area (Å²) in [6, 6.07) is 11.2. The maximum atomic E-state index is 13.7. The Balaban J connectivity index is 0.00000400. The zero-order valence-electron chi connectivity index (χ0n) is 19.6. The second kappa shape index (κ2) is 11.9. The molecule has 4 aromatic rings. The zero-order valence-corrected chi connectivity index (χ0v) is 21.2. The predicted octanol–water partition coefficient (Wildman–Crippen LogP) is 3.35. The molecule has 13 nitrogen and oxygen atoms in total. The van der Waals surface area contributed by atoms with Crippen LogP contribution >= 0.6 is 12.4 Å². The lowest BCUT2D eigenvalue weighted by atomic mass is 10.1. The highest BCUT2D eigenvalue weighted by Gasteiger charge is 2.32. The first kappa shape index (κ1) is 28.3. The highest BCUT2D eigenvalue weighted by Crippen LogP contribution is 2.34. The van der Waals surface area contributed by atoms with Crippen LogP contribution in [0.1, 0.15) is 6.42 Å². The molecule has 200 valence electrons. The molecule has 0 amide bonds. The van der Waals surface area contributed by atoms with Gasteiger partial charge in [-0.05, 0) is 36.8 Å². The molecule has 0 spiro atoms. The van der Waals surface area contributed by atoms with Crippen molar-refractivity contribution in [2.75, 3.05) is 24.1 Å². The van der Waals surface area contributed by atoms with E-state index in [1.165, 1.54) is 36.7 Å². The third-order valence-electron chi connectivity index (χ3n) is 5.34. The minimum atomic E-state index is -4.43. The van der Waals surface area contributed by atoms with Gasteiger partial charge in [-0.1, -0.05) is 12.1 Å². The normalized spacial score (nSPS) is 11.2. The van der Waals surface area contributed by atoms with E-state index in [0.29, 0.717) is 22.2 Å². The zero-order chi connectivity index (χ0) is 26.6. The number of benzene rings is 2. The van der Waals surface area contributed by atoms with Crippen molar-refractivity contribution in [2.45, 2.75) is 11.3 Å². The molecule has 2 aromatic heterocycles. The molecule has 0 bridgehead atoms. The van der Waals surface area contributed by atoms with Crippen LogP contribution in [0.15, 0.2) is 65.8 Å². The Morgan fingerprint density at radius 3 is 2.63 bits per heavy atom. The van der Waals surface area contributed by atoms with E-state index in [-0.39, 0.29) is 43.4 Å². The van der Waals surface area contributed by atoms with Crippen molar-refractivity contribution in [3.05, 3.63) is 71.0 Å². The first-order valence-electron chi connectivity index (χ1n) is 10.9. The van der Waals surface area contributed by atoms with Crippen molar-refractivity contribution in [3.63, 3.8) is 0 Å². The van der Waals surface area contributed by atoms with E-state index < -0.39 is 38.1 Å². The number of carboxylic acid groups (broad SMARTS) is 1. The third-order valence-corrected chi connectivity index (χ3v) is 7.21. The molecule has 15 heteroatoms. The number of ether oxygens (including phenoxy) is 1. The molecule has 0 fully saturated rings. The van der Waals surface area contributed by atoms with Gasteiger partial charge in [0.2, 0.25) is 0 Å². The minimum absolute atomic E-state index is 0. The molecule has 4 rings (SSSR count). The molecule has 3 N–H and O–H groups in total. The molecule has 0 radical (unpaired) electrons. The molecular weight excluding hydrogens is 542 g/mol. The average Bonchev–Trinajstić information content (AvgIpc) is 3.29. The summed E-state index contributed by atoms with van der Waals surface area (Å²) < 4.78 is 33.5. The standard InChI is InChI=1S/C23H21N5O8S.ClH/c29-17-10-15(12-24-13-17)23-18-11-16(6-7-19(18)25-26-23)27(8-3-9-36-14-22(30)31)37(34,35)21-5-2-1-4-20(21)28(32)33;/h1-2,4-7,10-13,29H,3,8-9,14H2,(H,25,26)(H,30,31);1H. The Hall–Kier alpha value is -4.27. The fourth-order valence-corrected chi connectivity index (χ4v) is 5.39. The van der Waals surface area contributed by atoms with Crippen LogP contribution in [0.5, 0.6) is 5.75 Å². The highest BCUT2D eigenvalue weighted by molar-refractivity contribution is 7.93. The second-order valence-electron chi connectivity index (χ2n) is 7.84. The van der Waals surface area contributed by atoms with E-state index in [9.17, 15) is 28.4 Å². The number of hydrogen-bond donors (Lipinski definition) is 3. The van der Waals surface area contributed by atoms with E-state index in [0.717, 1.165) is 16.4 Å². The Labute approximate surface area is 222 Å². The summed E-state index contributed by atoms with van der Waals surface area (Å²) in [5.41, 5.74) is 1.09. The number of nitro groups is 1. The number of halogens is 1. The summed E-state index contributed by atoms with van der Waals surface area (Å²) in [4.78, 5) is 25.0.